The minimum absolute atomic E-state index is 0.00379. The molecule has 1 aromatic heterocycles. The van der Waals surface area contributed by atoms with Crippen molar-refractivity contribution >= 4 is 34.7 Å². The number of thiophene rings is 1. The van der Waals surface area contributed by atoms with E-state index in [1.165, 1.54) is 11.3 Å². The van der Waals surface area contributed by atoms with E-state index in [1.807, 2.05) is 61.4 Å². The van der Waals surface area contributed by atoms with Crippen molar-refractivity contribution in [3.8, 4) is 5.75 Å². The van der Waals surface area contributed by atoms with Gasteiger partial charge < -0.3 is 24.3 Å². The predicted molar refractivity (Wildman–Crippen MR) is 130 cm³/mol. The Labute approximate surface area is 203 Å². The van der Waals surface area contributed by atoms with Crippen LogP contribution in [0.1, 0.15) is 28.9 Å². The first-order valence-corrected chi connectivity index (χ1v) is 12.9. The van der Waals surface area contributed by atoms with Crippen molar-refractivity contribution in [2.45, 2.75) is 25.4 Å². The molecule has 0 aliphatic carbocycles. The van der Waals surface area contributed by atoms with Gasteiger partial charge >= 0.3 is 0 Å². The van der Waals surface area contributed by atoms with Crippen molar-refractivity contribution in [3.63, 3.8) is 0 Å². The first kappa shape index (κ1) is 22.7. The molecule has 9 heteroatoms. The molecule has 8 nitrogen and oxygen atoms in total. The standard InChI is InChI=1S/C25H30N4O4S/c30-23(26-12-14-28(15-13-26)25(32)22-9-6-16-34-22)18-29-17-21(24(31)27-10-4-1-5-11-27)33-20-8-3-2-7-19(20)29/h2-3,6-9,16,21H,1,4-5,10-15,17-18H2. The maximum atomic E-state index is 13.2. The number of ether oxygens (including phenoxy) is 1. The fourth-order valence-corrected chi connectivity index (χ4v) is 5.57. The maximum Gasteiger partial charge on any atom is 0.265 e. The summed E-state index contributed by atoms with van der Waals surface area (Å²) >= 11 is 1.44. The number of para-hydroxylation sites is 2. The van der Waals surface area contributed by atoms with Crippen LogP contribution in [0.5, 0.6) is 5.75 Å². The Bertz CT molecular complexity index is 1030. The zero-order valence-electron chi connectivity index (χ0n) is 19.2. The number of piperidine rings is 1. The molecule has 0 spiro atoms. The highest BCUT2D eigenvalue weighted by Crippen LogP contribution is 2.33. The molecule has 1 unspecified atom stereocenters. The zero-order chi connectivity index (χ0) is 23.5. The van der Waals surface area contributed by atoms with E-state index in [0.29, 0.717) is 38.5 Å². The van der Waals surface area contributed by atoms with E-state index in [4.69, 9.17) is 4.74 Å². The van der Waals surface area contributed by atoms with Gasteiger partial charge in [-0.1, -0.05) is 18.2 Å². The SMILES string of the molecule is O=C(CN1CC(C(=O)N2CCCCC2)Oc2ccccc21)N1CCN(C(=O)c2cccs2)CC1. The van der Waals surface area contributed by atoms with Crippen LogP contribution in [0, 0.1) is 0 Å². The molecule has 3 aliphatic rings. The van der Waals surface area contributed by atoms with Crippen molar-refractivity contribution in [3.05, 3.63) is 46.7 Å². The van der Waals surface area contributed by atoms with Gasteiger partial charge in [0, 0.05) is 39.3 Å². The van der Waals surface area contributed by atoms with Gasteiger partial charge in [0.05, 0.1) is 23.7 Å². The molecule has 3 amide bonds. The summed E-state index contributed by atoms with van der Waals surface area (Å²) in [7, 11) is 0. The lowest BCUT2D eigenvalue weighted by Gasteiger charge is -2.40. The Balaban J connectivity index is 1.22. The molecule has 0 radical (unpaired) electrons. The van der Waals surface area contributed by atoms with Crippen LogP contribution in [0.3, 0.4) is 0 Å². The molecule has 1 atom stereocenters. The molecule has 5 rings (SSSR count). The molecule has 0 N–H and O–H groups in total. The topological polar surface area (TPSA) is 73.4 Å². The monoisotopic (exact) mass is 482 g/mol. The molecule has 34 heavy (non-hydrogen) atoms. The lowest BCUT2D eigenvalue weighted by molar-refractivity contribution is -0.140. The quantitative estimate of drug-likeness (QED) is 0.669. The van der Waals surface area contributed by atoms with E-state index < -0.39 is 6.10 Å². The van der Waals surface area contributed by atoms with Gasteiger partial charge in [0.1, 0.15) is 5.75 Å². The van der Waals surface area contributed by atoms with Crippen LogP contribution < -0.4 is 9.64 Å². The van der Waals surface area contributed by atoms with Crippen LogP contribution in [0.15, 0.2) is 41.8 Å². The smallest absolute Gasteiger partial charge is 0.265 e. The first-order chi connectivity index (χ1) is 16.6. The number of anilines is 1. The minimum atomic E-state index is -0.610. The summed E-state index contributed by atoms with van der Waals surface area (Å²) in [6.45, 7) is 4.16. The summed E-state index contributed by atoms with van der Waals surface area (Å²) in [5, 5.41) is 1.90. The largest absolute Gasteiger partial charge is 0.477 e. The molecule has 0 bridgehead atoms. The third-order valence-electron chi connectivity index (χ3n) is 6.78. The Morgan fingerprint density at radius 2 is 1.59 bits per heavy atom. The van der Waals surface area contributed by atoms with Gasteiger partial charge in [0.2, 0.25) is 5.91 Å². The van der Waals surface area contributed by atoms with Crippen LogP contribution >= 0.6 is 11.3 Å². The minimum Gasteiger partial charge on any atom is -0.477 e. The molecule has 4 heterocycles. The fourth-order valence-electron chi connectivity index (χ4n) is 4.88. The van der Waals surface area contributed by atoms with Crippen LogP contribution in [-0.2, 0) is 9.59 Å². The number of likely N-dealkylation sites (tertiary alicyclic amines) is 1. The maximum absolute atomic E-state index is 13.2. The van der Waals surface area contributed by atoms with E-state index in [1.54, 1.807) is 0 Å². The number of fused-ring (bicyclic) bond motifs is 1. The number of hydrogen-bond acceptors (Lipinski definition) is 6. The van der Waals surface area contributed by atoms with Crippen molar-refractivity contribution in [1.82, 2.24) is 14.7 Å². The number of rotatable bonds is 4. The fraction of sp³-hybridized carbons (Fsp3) is 0.480. The van der Waals surface area contributed by atoms with E-state index in [2.05, 4.69) is 0 Å². The molecule has 0 saturated carbocycles. The van der Waals surface area contributed by atoms with Crippen LogP contribution in [-0.4, -0.2) is 90.9 Å². The molecule has 3 aliphatic heterocycles. The van der Waals surface area contributed by atoms with Crippen molar-refractivity contribution < 1.29 is 19.1 Å². The van der Waals surface area contributed by atoms with E-state index in [-0.39, 0.29) is 24.3 Å². The van der Waals surface area contributed by atoms with Gasteiger partial charge in [-0.15, -0.1) is 11.3 Å². The van der Waals surface area contributed by atoms with E-state index in [0.717, 1.165) is 42.9 Å². The van der Waals surface area contributed by atoms with E-state index >= 15 is 0 Å². The molecule has 2 aromatic rings. The summed E-state index contributed by atoms with van der Waals surface area (Å²) in [5.74, 6) is 0.683. The molecular formula is C25H30N4O4S. The van der Waals surface area contributed by atoms with Crippen molar-refractivity contribution in [1.29, 1.82) is 0 Å². The number of piperazine rings is 1. The summed E-state index contributed by atoms with van der Waals surface area (Å²) in [6.07, 6.45) is 2.60. The normalized spacial score (nSPS) is 20.5. The van der Waals surface area contributed by atoms with Crippen molar-refractivity contribution in [2.24, 2.45) is 0 Å². The second kappa shape index (κ2) is 10.0. The van der Waals surface area contributed by atoms with Gasteiger partial charge in [-0.2, -0.15) is 0 Å². The zero-order valence-corrected chi connectivity index (χ0v) is 20.0. The summed E-state index contributed by atoms with van der Waals surface area (Å²) in [4.78, 5) is 47.2. The highest BCUT2D eigenvalue weighted by atomic mass is 32.1. The summed E-state index contributed by atoms with van der Waals surface area (Å²) in [6, 6.07) is 11.3. The number of carbonyl (C=O) groups is 3. The molecule has 180 valence electrons. The van der Waals surface area contributed by atoms with Crippen LogP contribution in [0.2, 0.25) is 0 Å². The first-order valence-electron chi connectivity index (χ1n) is 12.0. The highest BCUT2D eigenvalue weighted by Gasteiger charge is 2.35. The van der Waals surface area contributed by atoms with Gasteiger partial charge in [-0.25, -0.2) is 0 Å². The Hall–Kier alpha value is -3.07. The number of nitrogens with zero attached hydrogens (tertiary/aromatic N) is 4. The molecule has 1 aromatic carbocycles. The predicted octanol–water partition coefficient (Wildman–Crippen LogP) is 2.31. The number of hydrogen-bond donors (Lipinski definition) is 0. The van der Waals surface area contributed by atoms with Gasteiger partial charge in [-0.3, -0.25) is 14.4 Å². The lowest BCUT2D eigenvalue weighted by atomic mass is 10.1. The van der Waals surface area contributed by atoms with Gasteiger partial charge in [0.15, 0.2) is 6.10 Å². The average molecular weight is 483 g/mol. The average Bonchev–Trinajstić information content (AvgIpc) is 3.43. The molecule has 2 saturated heterocycles. The van der Waals surface area contributed by atoms with Gasteiger partial charge in [0.25, 0.3) is 11.8 Å². The number of benzene rings is 1. The second-order valence-corrected chi connectivity index (χ2v) is 9.94. The molecular weight excluding hydrogens is 452 g/mol. The van der Waals surface area contributed by atoms with Crippen molar-refractivity contribution in [2.75, 3.05) is 57.3 Å². The van der Waals surface area contributed by atoms with E-state index in [9.17, 15) is 14.4 Å². The third-order valence-corrected chi connectivity index (χ3v) is 7.64. The Morgan fingerprint density at radius 1 is 0.853 bits per heavy atom. The summed E-state index contributed by atoms with van der Waals surface area (Å²) in [5.41, 5.74) is 0.838. The number of amides is 3. The van der Waals surface area contributed by atoms with Crippen LogP contribution in [0.25, 0.3) is 0 Å². The third kappa shape index (κ3) is 4.75. The molecule has 2 fully saturated rings. The summed E-state index contributed by atoms with van der Waals surface area (Å²) < 4.78 is 6.08. The second-order valence-electron chi connectivity index (χ2n) is 8.99. The van der Waals surface area contributed by atoms with Gasteiger partial charge in [-0.05, 0) is 42.8 Å². The Morgan fingerprint density at radius 3 is 2.32 bits per heavy atom. The lowest BCUT2D eigenvalue weighted by Crippen LogP contribution is -2.55. The number of carbonyl (C=O) groups excluding carboxylic acids is 3. The Kier molecular flexibility index (Phi) is 6.71. The highest BCUT2D eigenvalue weighted by molar-refractivity contribution is 7.12. The van der Waals surface area contributed by atoms with Crippen LogP contribution in [0.4, 0.5) is 5.69 Å².